The predicted octanol–water partition coefficient (Wildman–Crippen LogP) is 4.14. The van der Waals surface area contributed by atoms with Gasteiger partial charge in [0.1, 0.15) is 5.75 Å². The molecule has 1 aromatic carbocycles. The molecule has 1 N–H and O–H groups in total. The maximum absolute atomic E-state index is 11.7. The Balaban J connectivity index is 2.29. The van der Waals surface area contributed by atoms with Crippen molar-refractivity contribution in [2.75, 3.05) is 0 Å². The van der Waals surface area contributed by atoms with E-state index in [1.54, 1.807) is 18.2 Å². The van der Waals surface area contributed by atoms with Crippen molar-refractivity contribution in [3.63, 3.8) is 0 Å². The first-order chi connectivity index (χ1) is 10.4. The minimum atomic E-state index is -1.47. The molecule has 118 valence electrons. The van der Waals surface area contributed by atoms with E-state index in [0.29, 0.717) is 17.4 Å². The van der Waals surface area contributed by atoms with Crippen LogP contribution in [0, 0.1) is 5.92 Å². The van der Waals surface area contributed by atoms with Crippen molar-refractivity contribution in [3.8, 4) is 5.75 Å². The molecule has 1 aliphatic carbocycles. The summed E-state index contributed by atoms with van der Waals surface area (Å²) >= 11 is 11.8. The number of ketones is 1. The summed E-state index contributed by atoms with van der Waals surface area (Å²) in [4.78, 5) is 22.4. The zero-order valence-corrected chi connectivity index (χ0v) is 13.5. The summed E-state index contributed by atoms with van der Waals surface area (Å²) in [7, 11) is 0. The Bertz CT molecular complexity index is 625. The molecule has 0 aliphatic heterocycles. The second-order valence-corrected chi connectivity index (χ2v) is 5.93. The SMILES string of the molecule is CCC1CCC(=O)C=C1c1ccc(OC(Cl)C(=O)O)cc1Cl. The van der Waals surface area contributed by atoms with Gasteiger partial charge in [0, 0.05) is 6.42 Å². The van der Waals surface area contributed by atoms with Crippen LogP contribution in [0.25, 0.3) is 5.57 Å². The maximum Gasteiger partial charge on any atom is 0.360 e. The number of allylic oxidation sites excluding steroid dienone is 2. The highest BCUT2D eigenvalue weighted by molar-refractivity contribution is 6.32. The lowest BCUT2D eigenvalue weighted by atomic mass is 9.82. The number of benzene rings is 1. The Hall–Kier alpha value is -1.52. The van der Waals surface area contributed by atoms with E-state index in [9.17, 15) is 9.59 Å². The third kappa shape index (κ3) is 3.81. The normalized spacial score (nSPS) is 19.5. The molecule has 2 atom stereocenters. The monoisotopic (exact) mass is 342 g/mol. The summed E-state index contributed by atoms with van der Waals surface area (Å²) in [6.07, 6.45) is 3.96. The molecule has 22 heavy (non-hydrogen) atoms. The molecule has 6 heteroatoms. The molecule has 0 aromatic heterocycles. The lowest BCUT2D eigenvalue weighted by Crippen LogP contribution is -2.20. The fourth-order valence-corrected chi connectivity index (χ4v) is 2.91. The standard InChI is InChI=1S/C16H16Cl2O4/c1-2-9-3-4-10(19)7-13(9)12-6-5-11(8-14(12)17)22-15(18)16(20)21/h5-9,15H,2-4H2,1H3,(H,20,21). The number of rotatable bonds is 5. The van der Waals surface area contributed by atoms with Crippen molar-refractivity contribution in [3.05, 3.63) is 34.9 Å². The van der Waals surface area contributed by atoms with Gasteiger partial charge < -0.3 is 9.84 Å². The maximum atomic E-state index is 11.7. The van der Waals surface area contributed by atoms with Gasteiger partial charge in [-0.15, -0.1) is 0 Å². The Morgan fingerprint density at radius 1 is 1.50 bits per heavy atom. The van der Waals surface area contributed by atoms with Crippen molar-refractivity contribution in [1.29, 1.82) is 0 Å². The van der Waals surface area contributed by atoms with Crippen LogP contribution in [0.4, 0.5) is 0 Å². The lowest BCUT2D eigenvalue weighted by molar-refractivity contribution is -0.141. The number of aliphatic carboxylic acids is 1. The Kier molecular flexibility index (Phi) is 5.48. The van der Waals surface area contributed by atoms with Crippen LogP contribution in [-0.4, -0.2) is 22.4 Å². The molecular weight excluding hydrogens is 327 g/mol. The number of alkyl halides is 1. The average Bonchev–Trinajstić information content (AvgIpc) is 2.47. The van der Waals surface area contributed by atoms with Gasteiger partial charge in [0.25, 0.3) is 5.56 Å². The zero-order valence-electron chi connectivity index (χ0n) is 12.0. The minimum absolute atomic E-state index is 0.0998. The van der Waals surface area contributed by atoms with E-state index in [-0.39, 0.29) is 11.5 Å². The van der Waals surface area contributed by atoms with Gasteiger partial charge in [-0.25, -0.2) is 4.79 Å². The molecule has 0 bridgehead atoms. The van der Waals surface area contributed by atoms with Gasteiger partial charge in [-0.3, -0.25) is 4.79 Å². The quantitative estimate of drug-likeness (QED) is 0.816. The number of hydrogen-bond donors (Lipinski definition) is 1. The molecule has 0 amide bonds. The van der Waals surface area contributed by atoms with Gasteiger partial charge in [0.15, 0.2) is 5.78 Å². The number of carboxylic acid groups (broad SMARTS) is 1. The van der Waals surface area contributed by atoms with E-state index in [1.165, 1.54) is 6.07 Å². The molecule has 0 spiro atoms. The predicted molar refractivity (Wildman–Crippen MR) is 85.4 cm³/mol. The third-order valence-electron chi connectivity index (χ3n) is 3.67. The van der Waals surface area contributed by atoms with Crippen LogP contribution >= 0.6 is 23.2 Å². The first kappa shape index (κ1) is 16.8. The third-order valence-corrected chi connectivity index (χ3v) is 4.26. The highest BCUT2D eigenvalue weighted by Gasteiger charge is 2.23. The van der Waals surface area contributed by atoms with Crippen LogP contribution in [0.15, 0.2) is 24.3 Å². The van der Waals surface area contributed by atoms with Crippen LogP contribution in [0.5, 0.6) is 5.75 Å². The van der Waals surface area contributed by atoms with Gasteiger partial charge in [-0.2, -0.15) is 0 Å². The van der Waals surface area contributed by atoms with E-state index < -0.39 is 11.5 Å². The van der Waals surface area contributed by atoms with E-state index in [1.807, 2.05) is 0 Å². The smallest absolute Gasteiger partial charge is 0.360 e. The molecule has 4 nitrogen and oxygen atoms in total. The van der Waals surface area contributed by atoms with Crippen molar-refractivity contribution in [1.82, 2.24) is 0 Å². The summed E-state index contributed by atoms with van der Waals surface area (Å²) in [6.45, 7) is 2.07. The minimum Gasteiger partial charge on any atom is -0.478 e. The summed E-state index contributed by atoms with van der Waals surface area (Å²) in [6, 6.07) is 4.85. The van der Waals surface area contributed by atoms with Crippen LogP contribution in [-0.2, 0) is 9.59 Å². The Morgan fingerprint density at radius 3 is 2.82 bits per heavy atom. The summed E-state index contributed by atoms with van der Waals surface area (Å²) in [5, 5.41) is 9.14. The second-order valence-electron chi connectivity index (χ2n) is 5.12. The van der Waals surface area contributed by atoms with Gasteiger partial charge in [0.05, 0.1) is 5.02 Å². The molecule has 2 unspecified atom stereocenters. The number of hydrogen-bond acceptors (Lipinski definition) is 3. The topological polar surface area (TPSA) is 63.6 Å². The molecule has 0 radical (unpaired) electrons. The number of carboxylic acids is 1. The van der Waals surface area contributed by atoms with Gasteiger partial charge >= 0.3 is 5.97 Å². The number of carbonyl (C=O) groups is 2. The fraction of sp³-hybridized carbons (Fsp3) is 0.375. The van der Waals surface area contributed by atoms with Crippen LogP contribution in [0.3, 0.4) is 0 Å². The van der Waals surface area contributed by atoms with Crippen molar-refractivity contribution in [2.24, 2.45) is 5.92 Å². The van der Waals surface area contributed by atoms with E-state index in [0.717, 1.165) is 24.0 Å². The molecule has 1 aliphatic rings. The molecule has 1 aromatic rings. The van der Waals surface area contributed by atoms with Crippen molar-refractivity contribution >= 4 is 40.5 Å². The molecule has 0 saturated carbocycles. The average molecular weight is 343 g/mol. The fourth-order valence-electron chi connectivity index (χ4n) is 2.53. The Morgan fingerprint density at radius 2 is 2.23 bits per heavy atom. The number of halogens is 2. The van der Waals surface area contributed by atoms with E-state index in [2.05, 4.69) is 6.92 Å². The molecule has 2 rings (SSSR count). The summed E-state index contributed by atoms with van der Waals surface area (Å²) in [5.41, 5.74) is 0.229. The van der Waals surface area contributed by atoms with Gasteiger partial charge in [-0.1, -0.05) is 30.1 Å². The molecule has 0 fully saturated rings. The van der Waals surface area contributed by atoms with Gasteiger partial charge in [-0.05, 0) is 54.2 Å². The van der Waals surface area contributed by atoms with Crippen molar-refractivity contribution in [2.45, 2.75) is 31.7 Å². The lowest BCUT2D eigenvalue weighted by Gasteiger charge is -2.23. The highest BCUT2D eigenvalue weighted by atomic mass is 35.5. The first-order valence-corrected chi connectivity index (χ1v) is 7.81. The zero-order chi connectivity index (χ0) is 16.3. The van der Waals surface area contributed by atoms with Crippen LogP contribution in [0.1, 0.15) is 31.7 Å². The first-order valence-electron chi connectivity index (χ1n) is 7.00. The Labute approximate surface area is 138 Å². The number of carbonyl (C=O) groups excluding carboxylic acids is 1. The van der Waals surface area contributed by atoms with Crippen molar-refractivity contribution < 1.29 is 19.4 Å². The van der Waals surface area contributed by atoms with Crippen LogP contribution in [0.2, 0.25) is 5.02 Å². The highest BCUT2D eigenvalue weighted by Crippen LogP contribution is 2.38. The van der Waals surface area contributed by atoms with Gasteiger partial charge in [0.2, 0.25) is 0 Å². The molecule has 0 saturated heterocycles. The number of ether oxygens (including phenoxy) is 1. The molecular formula is C16H16Cl2O4. The van der Waals surface area contributed by atoms with Crippen LogP contribution < -0.4 is 4.74 Å². The van der Waals surface area contributed by atoms with E-state index in [4.69, 9.17) is 33.0 Å². The summed E-state index contributed by atoms with van der Waals surface area (Å²) in [5.74, 6) is -0.606. The largest absolute Gasteiger partial charge is 0.478 e. The molecule has 0 heterocycles. The summed E-state index contributed by atoms with van der Waals surface area (Å²) < 4.78 is 5.07. The second kappa shape index (κ2) is 7.16. The van der Waals surface area contributed by atoms with E-state index >= 15 is 0 Å².